The van der Waals surface area contributed by atoms with Gasteiger partial charge in [-0.15, -0.1) is 0 Å². The minimum atomic E-state index is -0.383. The van der Waals surface area contributed by atoms with Crippen LogP contribution in [0.5, 0.6) is 0 Å². The first-order chi connectivity index (χ1) is 2.27. The summed E-state index contributed by atoms with van der Waals surface area (Å²) in [5.41, 5.74) is 0.877. The van der Waals surface area contributed by atoms with Gasteiger partial charge in [0.05, 0.1) is 5.54 Å². The van der Waals surface area contributed by atoms with Gasteiger partial charge in [0.1, 0.15) is 0 Å². The molecule has 0 aromatic heterocycles. The molecule has 30 valence electrons. The molecule has 0 heterocycles. The Morgan fingerprint density at radius 3 is 2.00 bits per heavy atom. The molecule has 1 N–H and O–H groups in total. The topological polar surface area (TPSA) is 20.2 Å². The van der Waals surface area contributed by atoms with Gasteiger partial charge in [0.25, 0.3) is 0 Å². The van der Waals surface area contributed by atoms with Crippen LogP contribution in [0.1, 0.15) is 0 Å². The first-order valence-electron chi connectivity index (χ1n) is 0.919. The molecule has 0 amide bonds. The van der Waals surface area contributed by atoms with Gasteiger partial charge in [-0.1, -0.05) is 11.6 Å². The molecule has 0 atom stereocenters. The fourth-order valence-corrected chi connectivity index (χ4v) is 0. The van der Waals surface area contributed by atoms with Gasteiger partial charge in [-0.3, -0.25) is 0 Å². The van der Waals surface area contributed by atoms with Crippen molar-refractivity contribution in [3.63, 3.8) is 0 Å². The lowest BCUT2D eigenvalue weighted by molar-refractivity contribution is 0.454. The maximum atomic E-state index is 7.86. The van der Waals surface area contributed by atoms with Gasteiger partial charge in [0.2, 0.25) is 0 Å². The largest absolute Gasteiger partial charge is 0.498 e. The van der Waals surface area contributed by atoms with E-state index in [1.165, 1.54) is 0 Å². The van der Waals surface area contributed by atoms with Crippen molar-refractivity contribution in [2.45, 2.75) is 0 Å². The molecule has 1 nitrogen and oxygen atoms in total. The maximum Gasteiger partial charge on any atom is 0.195 e. The van der Waals surface area contributed by atoms with E-state index < -0.39 is 0 Å². The molecular formula is C2H2Cl2O. The Labute approximate surface area is 39.8 Å². The van der Waals surface area contributed by atoms with Crippen LogP contribution in [0.3, 0.4) is 0 Å². The second kappa shape index (κ2) is 2.36. The van der Waals surface area contributed by atoms with Gasteiger partial charge in [-0.2, -0.15) is 0 Å². The molecule has 0 unspecified atom stereocenters. The third kappa shape index (κ3) is 4.12. The number of hydrogen-bond acceptors (Lipinski definition) is 1. The predicted octanol–water partition coefficient (Wildman–Crippen LogP) is 1.82. The molecule has 5 heavy (non-hydrogen) atoms. The van der Waals surface area contributed by atoms with Gasteiger partial charge in [0, 0.05) is 0 Å². The summed E-state index contributed by atoms with van der Waals surface area (Å²) in [6.45, 7) is 0. The smallest absolute Gasteiger partial charge is 0.195 e. The van der Waals surface area contributed by atoms with Crippen LogP contribution in [0, 0.1) is 0 Å². The summed E-state index contributed by atoms with van der Waals surface area (Å²) in [7, 11) is 0. The van der Waals surface area contributed by atoms with Crippen molar-refractivity contribution in [2.75, 3.05) is 0 Å². The summed E-state index contributed by atoms with van der Waals surface area (Å²) in [4.78, 5) is 0. The van der Waals surface area contributed by atoms with Crippen molar-refractivity contribution in [1.29, 1.82) is 0 Å². The Bertz CT molecular complexity index is 45.6. The highest BCUT2D eigenvalue weighted by Gasteiger charge is 1.70. The Balaban J connectivity index is 3.14. The molecule has 3 heteroatoms. The van der Waals surface area contributed by atoms with Crippen molar-refractivity contribution in [3.8, 4) is 0 Å². The lowest BCUT2D eigenvalue weighted by Gasteiger charge is -1.69. The summed E-state index contributed by atoms with van der Waals surface area (Å²) in [6, 6.07) is 0. The average molecular weight is 113 g/mol. The number of aliphatic hydroxyl groups is 1. The Morgan fingerprint density at radius 1 is 1.80 bits per heavy atom. The highest BCUT2D eigenvalue weighted by atomic mass is 35.5. The van der Waals surface area contributed by atoms with Crippen molar-refractivity contribution < 1.29 is 5.11 Å². The zero-order valence-electron chi connectivity index (χ0n) is 2.28. The summed E-state index contributed by atoms with van der Waals surface area (Å²) >= 11 is 9.54. The van der Waals surface area contributed by atoms with Crippen LogP contribution in [0.25, 0.3) is 0 Å². The normalized spacial score (nSPS) is 12.0. The summed E-state index contributed by atoms with van der Waals surface area (Å²) in [5.74, 6) is 0. The molecule has 0 aliphatic heterocycles. The zero-order chi connectivity index (χ0) is 4.28. The van der Waals surface area contributed by atoms with Crippen LogP contribution in [0.15, 0.2) is 10.8 Å². The maximum absolute atomic E-state index is 7.86. The molecule has 0 rings (SSSR count). The average Bonchev–Trinajstić information content (AvgIpc) is 1.38. The Kier molecular flexibility index (Phi) is 2.42. The molecule has 0 saturated heterocycles. The Morgan fingerprint density at radius 2 is 2.00 bits per heavy atom. The zero-order valence-corrected chi connectivity index (χ0v) is 3.79. The first kappa shape index (κ1) is 5.12. The van der Waals surface area contributed by atoms with Gasteiger partial charge in [-0.05, 0) is 11.6 Å². The van der Waals surface area contributed by atoms with Crippen LogP contribution in [-0.2, 0) is 0 Å². The van der Waals surface area contributed by atoms with E-state index in [2.05, 4.69) is 0 Å². The second-order valence-electron chi connectivity index (χ2n) is 0.432. The van der Waals surface area contributed by atoms with E-state index in [0.717, 1.165) is 5.54 Å². The van der Waals surface area contributed by atoms with E-state index in [4.69, 9.17) is 28.3 Å². The van der Waals surface area contributed by atoms with Gasteiger partial charge in [0.15, 0.2) is 5.22 Å². The summed E-state index contributed by atoms with van der Waals surface area (Å²) < 4.78 is 0. The molecule has 0 radical (unpaired) electrons. The molecule has 0 aromatic carbocycles. The number of rotatable bonds is 0. The van der Waals surface area contributed by atoms with Gasteiger partial charge in [-0.25, -0.2) is 0 Å². The first-order valence-corrected chi connectivity index (χ1v) is 1.73. The monoisotopic (exact) mass is 112 g/mol. The van der Waals surface area contributed by atoms with Crippen LogP contribution in [0.4, 0.5) is 0 Å². The highest BCUT2D eigenvalue weighted by molar-refractivity contribution is 6.35. The van der Waals surface area contributed by atoms with Crippen LogP contribution in [0.2, 0.25) is 0 Å². The molecule has 0 aliphatic carbocycles. The number of aliphatic hydroxyl groups excluding tert-OH is 1. The van der Waals surface area contributed by atoms with Crippen molar-refractivity contribution >= 4 is 23.2 Å². The number of hydrogen-bond donors (Lipinski definition) is 1. The molecule has 0 aromatic rings. The summed E-state index contributed by atoms with van der Waals surface area (Å²) in [6.07, 6.45) is 0. The SMILES string of the molecule is OC(Cl)=CCl. The van der Waals surface area contributed by atoms with Crippen molar-refractivity contribution in [3.05, 3.63) is 10.8 Å². The van der Waals surface area contributed by atoms with Crippen molar-refractivity contribution in [1.82, 2.24) is 0 Å². The van der Waals surface area contributed by atoms with E-state index in [9.17, 15) is 0 Å². The van der Waals surface area contributed by atoms with E-state index in [0.29, 0.717) is 0 Å². The van der Waals surface area contributed by atoms with Crippen LogP contribution in [-0.4, -0.2) is 5.11 Å². The molecule has 0 spiro atoms. The number of halogens is 2. The lowest BCUT2D eigenvalue weighted by atomic mass is 11.2. The summed E-state index contributed by atoms with van der Waals surface area (Å²) in [5, 5.41) is 7.47. The minimum Gasteiger partial charge on any atom is -0.498 e. The molecule has 0 saturated carbocycles. The third-order valence-corrected chi connectivity index (χ3v) is 0.518. The molecule has 0 fully saturated rings. The standard InChI is InChI=1S/C2H2Cl2O/c3-1-2(4)5/h1,5H. The highest BCUT2D eigenvalue weighted by Crippen LogP contribution is 1.93. The van der Waals surface area contributed by atoms with E-state index >= 15 is 0 Å². The van der Waals surface area contributed by atoms with Gasteiger partial charge < -0.3 is 5.11 Å². The van der Waals surface area contributed by atoms with Gasteiger partial charge >= 0.3 is 0 Å². The fraction of sp³-hybridized carbons (Fsp3) is 0. The molecular weight excluding hydrogens is 111 g/mol. The lowest BCUT2D eigenvalue weighted by Crippen LogP contribution is -1.52. The molecule has 0 bridgehead atoms. The third-order valence-electron chi connectivity index (χ3n) is 0.0900. The predicted molar refractivity (Wildman–Crippen MR) is 22.4 cm³/mol. The van der Waals surface area contributed by atoms with Crippen molar-refractivity contribution in [2.24, 2.45) is 0 Å². The quantitative estimate of drug-likeness (QED) is 0.475. The van der Waals surface area contributed by atoms with E-state index in [1.807, 2.05) is 0 Å². The van der Waals surface area contributed by atoms with E-state index in [-0.39, 0.29) is 5.22 Å². The Hall–Kier alpha value is 0.120. The van der Waals surface area contributed by atoms with E-state index in [1.54, 1.807) is 0 Å². The van der Waals surface area contributed by atoms with Crippen LogP contribution >= 0.6 is 23.2 Å². The second-order valence-corrected chi connectivity index (χ2v) is 1.04. The fourth-order valence-electron chi connectivity index (χ4n) is 0. The molecule has 0 aliphatic rings. The van der Waals surface area contributed by atoms with Crippen LogP contribution < -0.4 is 0 Å². The minimum absolute atomic E-state index is 0.383.